The standard InChI is InChI=1S/C22H40N4O5/c1-3-15(4-2)22(30)24-14-17-21(29)20(28)16(31-17)13-19(27)26-11-9-25(10-12-26)18-7-5-6-8-23-18/h15-18,20-21,23,28-29H,3-14H2,1-2H3,(H,24,30)/p+1. The molecule has 0 spiro atoms. The minimum Gasteiger partial charge on any atom is -0.388 e. The third kappa shape index (κ3) is 6.16. The van der Waals surface area contributed by atoms with Crippen molar-refractivity contribution < 1.29 is 29.9 Å². The number of rotatable bonds is 8. The number of carbonyl (C=O) groups is 2. The van der Waals surface area contributed by atoms with Crippen molar-refractivity contribution in [1.82, 2.24) is 15.1 Å². The van der Waals surface area contributed by atoms with Crippen molar-refractivity contribution in [3.05, 3.63) is 0 Å². The molecule has 0 saturated carbocycles. The van der Waals surface area contributed by atoms with Gasteiger partial charge in [-0.05, 0) is 25.7 Å². The Morgan fingerprint density at radius 3 is 2.35 bits per heavy atom. The molecule has 9 heteroatoms. The number of piperidine rings is 1. The summed E-state index contributed by atoms with van der Waals surface area (Å²) < 4.78 is 5.78. The number of carbonyl (C=O) groups excluding carboxylic acids is 2. The van der Waals surface area contributed by atoms with E-state index in [0.717, 1.165) is 25.9 Å². The Bertz CT molecular complexity index is 588. The lowest BCUT2D eigenvalue weighted by atomic mass is 10.0. The number of quaternary nitrogens is 1. The van der Waals surface area contributed by atoms with Crippen LogP contribution < -0.4 is 10.6 Å². The molecule has 178 valence electrons. The summed E-state index contributed by atoms with van der Waals surface area (Å²) in [5, 5.41) is 25.9. The highest BCUT2D eigenvalue weighted by Crippen LogP contribution is 2.24. The number of piperazine rings is 1. The van der Waals surface area contributed by atoms with E-state index in [0.29, 0.717) is 19.3 Å². The van der Waals surface area contributed by atoms with E-state index in [1.165, 1.54) is 25.8 Å². The maximum atomic E-state index is 12.8. The highest BCUT2D eigenvalue weighted by molar-refractivity contribution is 5.78. The van der Waals surface area contributed by atoms with Crippen LogP contribution in [0.3, 0.4) is 0 Å². The van der Waals surface area contributed by atoms with Crippen LogP contribution in [0.5, 0.6) is 0 Å². The first-order valence-electron chi connectivity index (χ1n) is 12.1. The molecule has 0 aliphatic carbocycles. The minimum absolute atomic E-state index is 0.0464. The van der Waals surface area contributed by atoms with Gasteiger partial charge in [-0.1, -0.05) is 13.8 Å². The van der Waals surface area contributed by atoms with Gasteiger partial charge < -0.3 is 30.5 Å². The molecule has 3 saturated heterocycles. The maximum absolute atomic E-state index is 12.8. The molecule has 0 bridgehead atoms. The van der Waals surface area contributed by atoms with Crippen LogP contribution in [0.25, 0.3) is 0 Å². The zero-order valence-electron chi connectivity index (χ0n) is 19.0. The largest absolute Gasteiger partial charge is 0.388 e. The Morgan fingerprint density at radius 2 is 1.74 bits per heavy atom. The second-order valence-corrected chi connectivity index (χ2v) is 9.16. The van der Waals surface area contributed by atoms with E-state index in [9.17, 15) is 19.8 Å². The highest BCUT2D eigenvalue weighted by Gasteiger charge is 2.44. The number of aliphatic hydroxyl groups is 2. The van der Waals surface area contributed by atoms with E-state index in [1.807, 2.05) is 18.7 Å². The highest BCUT2D eigenvalue weighted by atomic mass is 16.5. The predicted molar refractivity (Wildman–Crippen MR) is 115 cm³/mol. The van der Waals surface area contributed by atoms with E-state index in [-0.39, 0.29) is 30.7 Å². The lowest BCUT2D eigenvalue weighted by molar-refractivity contribution is -0.717. The van der Waals surface area contributed by atoms with Crippen LogP contribution in [0.4, 0.5) is 0 Å². The minimum atomic E-state index is -1.13. The van der Waals surface area contributed by atoms with Gasteiger partial charge in [-0.25, -0.2) is 0 Å². The van der Waals surface area contributed by atoms with Gasteiger partial charge in [-0.3, -0.25) is 14.5 Å². The van der Waals surface area contributed by atoms with Gasteiger partial charge in [0, 0.05) is 45.1 Å². The van der Waals surface area contributed by atoms with Gasteiger partial charge in [0.2, 0.25) is 11.8 Å². The number of nitrogens with one attached hydrogen (secondary N) is 1. The Labute approximate surface area is 185 Å². The molecular weight excluding hydrogens is 400 g/mol. The Morgan fingerprint density at radius 1 is 1.06 bits per heavy atom. The normalized spacial score (nSPS) is 32.4. The summed E-state index contributed by atoms with van der Waals surface area (Å²) in [5.41, 5.74) is 0. The second-order valence-electron chi connectivity index (χ2n) is 9.16. The fourth-order valence-electron chi connectivity index (χ4n) is 5.03. The molecular formula is C22H41N4O5+. The molecule has 2 amide bonds. The molecule has 0 radical (unpaired) electrons. The molecule has 3 heterocycles. The molecule has 3 fully saturated rings. The van der Waals surface area contributed by atoms with Crippen LogP contribution in [0.15, 0.2) is 0 Å². The molecule has 3 aliphatic rings. The summed E-state index contributed by atoms with van der Waals surface area (Å²) in [6.07, 6.45) is 2.17. The van der Waals surface area contributed by atoms with Crippen molar-refractivity contribution in [2.45, 2.75) is 83.0 Å². The number of aliphatic hydroxyl groups excluding tert-OH is 2. The summed E-state index contributed by atoms with van der Waals surface area (Å²) in [4.78, 5) is 29.3. The molecule has 0 aromatic heterocycles. The quantitative estimate of drug-likeness (QED) is 0.369. The SMILES string of the molecule is CCC(CC)C(=O)NCC1OC(CC(=O)N2CCN(C3CCCC[NH2+]3)CC2)C(O)C1O. The summed E-state index contributed by atoms with van der Waals surface area (Å²) in [6, 6.07) is 0. The topological polar surface area (TPSA) is 119 Å². The van der Waals surface area contributed by atoms with Crippen LogP contribution in [0.2, 0.25) is 0 Å². The number of hydrogen-bond acceptors (Lipinski definition) is 6. The first-order chi connectivity index (χ1) is 14.9. The smallest absolute Gasteiger partial charge is 0.225 e. The van der Waals surface area contributed by atoms with Crippen molar-refractivity contribution >= 4 is 11.8 Å². The summed E-state index contributed by atoms with van der Waals surface area (Å²) in [6.45, 7) is 8.35. The molecule has 0 aromatic carbocycles. The van der Waals surface area contributed by atoms with E-state index in [4.69, 9.17) is 4.74 Å². The predicted octanol–water partition coefficient (Wildman–Crippen LogP) is -1.36. The van der Waals surface area contributed by atoms with Crippen LogP contribution in [0.1, 0.15) is 52.4 Å². The van der Waals surface area contributed by atoms with E-state index in [1.54, 1.807) is 0 Å². The lowest BCUT2D eigenvalue weighted by Crippen LogP contribution is -2.95. The monoisotopic (exact) mass is 441 g/mol. The lowest BCUT2D eigenvalue weighted by Gasteiger charge is -2.39. The number of ether oxygens (including phenoxy) is 1. The number of amides is 2. The molecule has 31 heavy (non-hydrogen) atoms. The maximum Gasteiger partial charge on any atom is 0.225 e. The fraction of sp³-hybridized carbons (Fsp3) is 0.909. The first-order valence-corrected chi connectivity index (χ1v) is 12.1. The van der Waals surface area contributed by atoms with Gasteiger partial charge in [-0.15, -0.1) is 0 Å². The summed E-state index contributed by atoms with van der Waals surface area (Å²) in [7, 11) is 0. The summed E-state index contributed by atoms with van der Waals surface area (Å²) in [5.74, 6) is -0.182. The molecule has 5 N–H and O–H groups in total. The van der Waals surface area contributed by atoms with Gasteiger partial charge in [0.1, 0.15) is 24.5 Å². The van der Waals surface area contributed by atoms with Gasteiger partial charge in [0.05, 0.1) is 19.1 Å². The number of hydrogen-bond donors (Lipinski definition) is 4. The van der Waals surface area contributed by atoms with Crippen LogP contribution >= 0.6 is 0 Å². The van der Waals surface area contributed by atoms with Crippen molar-refractivity contribution in [3.63, 3.8) is 0 Å². The van der Waals surface area contributed by atoms with Crippen LogP contribution in [-0.2, 0) is 14.3 Å². The number of nitrogens with zero attached hydrogens (tertiary/aromatic N) is 2. The van der Waals surface area contributed by atoms with Gasteiger partial charge >= 0.3 is 0 Å². The zero-order chi connectivity index (χ0) is 22.4. The van der Waals surface area contributed by atoms with Gasteiger partial charge in [-0.2, -0.15) is 0 Å². The number of nitrogens with two attached hydrogens (primary N) is 1. The molecule has 3 rings (SSSR count). The van der Waals surface area contributed by atoms with E-state index >= 15 is 0 Å². The fourth-order valence-corrected chi connectivity index (χ4v) is 5.03. The van der Waals surface area contributed by atoms with Crippen molar-refractivity contribution in [3.8, 4) is 0 Å². The Kier molecular flexibility index (Phi) is 9.09. The third-order valence-electron chi connectivity index (χ3n) is 7.20. The summed E-state index contributed by atoms with van der Waals surface area (Å²) >= 11 is 0. The van der Waals surface area contributed by atoms with Crippen LogP contribution in [-0.4, -0.2) is 102 Å². The van der Waals surface area contributed by atoms with Gasteiger partial charge in [0.15, 0.2) is 0 Å². The van der Waals surface area contributed by atoms with E-state index in [2.05, 4.69) is 15.5 Å². The average Bonchev–Trinajstić information content (AvgIpc) is 3.07. The van der Waals surface area contributed by atoms with Crippen molar-refractivity contribution in [2.24, 2.45) is 5.92 Å². The molecule has 5 atom stereocenters. The Hall–Kier alpha value is -1.26. The third-order valence-corrected chi connectivity index (χ3v) is 7.20. The molecule has 0 aromatic rings. The van der Waals surface area contributed by atoms with Crippen LogP contribution in [0, 0.1) is 5.92 Å². The van der Waals surface area contributed by atoms with Gasteiger partial charge in [0.25, 0.3) is 0 Å². The zero-order valence-corrected chi connectivity index (χ0v) is 19.0. The second kappa shape index (κ2) is 11.6. The molecule has 5 unspecified atom stereocenters. The molecule has 9 nitrogen and oxygen atoms in total. The Balaban J connectivity index is 1.43. The molecule has 3 aliphatic heterocycles. The van der Waals surface area contributed by atoms with E-state index < -0.39 is 24.4 Å². The average molecular weight is 442 g/mol. The first kappa shape index (κ1) is 24.4. The van der Waals surface area contributed by atoms with Crippen molar-refractivity contribution in [2.75, 3.05) is 39.3 Å². The van der Waals surface area contributed by atoms with Crippen molar-refractivity contribution in [1.29, 1.82) is 0 Å².